The molecule has 2 N–H and O–H groups in total. The molecule has 20 heavy (non-hydrogen) atoms. The maximum Gasteiger partial charge on any atom is 0.207 e. The number of anilines is 1. The number of halogens is 2. The first-order chi connectivity index (χ1) is 9.52. The Morgan fingerprint density at radius 2 is 2.15 bits per heavy atom. The largest absolute Gasteiger partial charge is 0.369 e. The lowest BCUT2D eigenvalue weighted by atomic mass is 10.3. The Bertz CT molecular complexity index is 805. The number of nitrogens with zero attached hydrogens (tertiary/aromatic N) is 4. The summed E-state index contributed by atoms with van der Waals surface area (Å²) < 4.78 is 16.7. The second-order valence-corrected chi connectivity index (χ2v) is 4.88. The molecule has 0 saturated carbocycles. The van der Waals surface area contributed by atoms with Gasteiger partial charge in [0.05, 0.1) is 16.4 Å². The summed E-state index contributed by atoms with van der Waals surface area (Å²) in [7, 11) is 0. The van der Waals surface area contributed by atoms with Crippen LogP contribution in [0.15, 0.2) is 18.2 Å². The van der Waals surface area contributed by atoms with Gasteiger partial charge in [0.1, 0.15) is 11.3 Å². The van der Waals surface area contributed by atoms with Crippen LogP contribution in [0.3, 0.4) is 0 Å². The summed E-state index contributed by atoms with van der Waals surface area (Å²) in [5.74, 6) is -0.0925. The van der Waals surface area contributed by atoms with Gasteiger partial charge in [-0.15, -0.1) is 0 Å². The van der Waals surface area contributed by atoms with Crippen LogP contribution in [0.4, 0.5) is 10.3 Å². The molecule has 0 spiro atoms. The van der Waals surface area contributed by atoms with Crippen LogP contribution in [0, 0.1) is 12.7 Å². The van der Waals surface area contributed by atoms with E-state index in [9.17, 15) is 4.39 Å². The van der Waals surface area contributed by atoms with Crippen molar-refractivity contribution in [3.05, 3.63) is 34.7 Å². The zero-order chi connectivity index (χ0) is 14.4. The summed E-state index contributed by atoms with van der Waals surface area (Å²) in [6.45, 7) is 4.53. The van der Waals surface area contributed by atoms with E-state index in [1.807, 2.05) is 13.8 Å². The summed E-state index contributed by atoms with van der Waals surface area (Å²) in [5, 5.41) is 4.68. The Hall–Kier alpha value is -2.08. The fourth-order valence-electron chi connectivity index (χ4n) is 2.31. The summed E-state index contributed by atoms with van der Waals surface area (Å²) in [6, 6.07) is 4.17. The van der Waals surface area contributed by atoms with Gasteiger partial charge >= 0.3 is 0 Å². The number of aromatic nitrogens is 4. The molecule has 0 atom stereocenters. The molecule has 0 aliphatic heterocycles. The van der Waals surface area contributed by atoms with Gasteiger partial charge in [0, 0.05) is 6.54 Å². The first-order valence-electron chi connectivity index (χ1n) is 6.19. The highest BCUT2D eigenvalue weighted by Gasteiger charge is 2.19. The highest BCUT2D eigenvalue weighted by Crippen LogP contribution is 2.29. The van der Waals surface area contributed by atoms with Gasteiger partial charge in [-0.3, -0.25) is 4.57 Å². The first kappa shape index (κ1) is 12.9. The minimum atomic E-state index is -0.395. The molecule has 2 heterocycles. The number of imidazole rings is 1. The lowest BCUT2D eigenvalue weighted by Crippen LogP contribution is -2.07. The summed E-state index contributed by atoms with van der Waals surface area (Å²) >= 11 is 6.12. The minimum Gasteiger partial charge on any atom is -0.369 e. The SMILES string of the molecule is CCn1nc(C)c2nc(N)n(-c3ccc(F)cc3Cl)c21. The van der Waals surface area contributed by atoms with Crippen molar-refractivity contribution in [2.75, 3.05) is 5.73 Å². The molecule has 7 heteroatoms. The molecular formula is C13H13ClFN5. The van der Waals surface area contributed by atoms with Gasteiger partial charge in [-0.05, 0) is 32.0 Å². The van der Waals surface area contributed by atoms with Crippen LogP contribution in [0.2, 0.25) is 5.02 Å². The summed E-state index contributed by atoms with van der Waals surface area (Å²) in [6.07, 6.45) is 0. The van der Waals surface area contributed by atoms with E-state index in [1.165, 1.54) is 12.1 Å². The van der Waals surface area contributed by atoms with Gasteiger partial charge in [-0.25, -0.2) is 14.1 Å². The number of hydrogen-bond donors (Lipinski definition) is 1. The van der Waals surface area contributed by atoms with Crippen molar-refractivity contribution in [1.82, 2.24) is 19.3 Å². The maximum atomic E-state index is 13.2. The number of benzene rings is 1. The Morgan fingerprint density at radius 3 is 2.80 bits per heavy atom. The molecule has 0 radical (unpaired) electrons. The quantitative estimate of drug-likeness (QED) is 0.790. The highest BCUT2D eigenvalue weighted by atomic mass is 35.5. The molecule has 0 unspecified atom stereocenters. The number of nitrogen functional groups attached to an aromatic ring is 1. The van der Waals surface area contributed by atoms with Crippen LogP contribution < -0.4 is 5.73 Å². The topological polar surface area (TPSA) is 61.7 Å². The summed E-state index contributed by atoms with van der Waals surface area (Å²) in [5.41, 5.74) is 8.86. The fraction of sp³-hybridized carbons (Fsp3) is 0.231. The van der Waals surface area contributed by atoms with E-state index in [2.05, 4.69) is 10.1 Å². The Morgan fingerprint density at radius 1 is 1.40 bits per heavy atom. The first-order valence-corrected chi connectivity index (χ1v) is 6.57. The molecule has 0 bridgehead atoms. The molecule has 0 fully saturated rings. The van der Waals surface area contributed by atoms with E-state index in [4.69, 9.17) is 17.3 Å². The third kappa shape index (κ3) is 1.76. The summed E-state index contributed by atoms with van der Waals surface area (Å²) in [4.78, 5) is 4.33. The Labute approximate surface area is 119 Å². The van der Waals surface area contributed by atoms with Crippen LogP contribution in [-0.4, -0.2) is 19.3 Å². The standard InChI is InChI=1S/C13H13ClFN5/c1-3-19-12-11(7(2)18-19)17-13(16)20(12)10-5-4-8(15)6-9(10)14/h4-6H,3H2,1-2H3,(H2,16,17). The van der Waals surface area contributed by atoms with Gasteiger partial charge in [0.15, 0.2) is 5.65 Å². The molecule has 3 aromatic rings. The van der Waals surface area contributed by atoms with Crippen molar-refractivity contribution >= 4 is 28.7 Å². The van der Waals surface area contributed by atoms with Crippen LogP contribution in [0.5, 0.6) is 0 Å². The average molecular weight is 294 g/mol. The van der Waals surface area contributed by atoms with E-state index >= 15 is 0 Å². The van der Waals surface area contributed by atoms with Gasteiger partial charge < -0.3 is 5.73 Å². The molecule has 3 rings (SSSR count). The predicted molar refractivity (Wildman–Crippen MR) is 76.6 cm³/mol. The Balaban J connectivity index is 2.38. The molecular weight excluding hydrogens is 281 g/mol. The third-order valence-electron chi connectivity index (χ3n) is 3.19. The zero-order valence-corrected chi connectivity index (χ0v) is 11.8. The lowest BCUT2D eigenvalue weighted by molar-refractivity contribution is 0.627. The van der Waals surface area contributed by atoms with Gasteiger partial charge in [0.25, 0.3) is 0 Å². The predicted octanol–water partition coefficient (Wildman–Crippen LogP) is 2.93. The van der Waals surface area contributed by atoms with Crippen molar-refractivity contribution in [3.8, 4) is 5.69 Å². The van der Waals surface area contributed by atoms with Gasteiger partial charge in [-0.2, -0.15) is 5.10 Å². The average Bonchev–Trinajstić information content (AvgIpc) is 2.88. The number of fused-ring (bicyclic) bond motifs is 1. The number of aryl methyl sites for hydroxylation is 2. The second-order valence-electron chi connectivity index (χ2n) is 4.47. The molecule has 5 nitrogen and oxygen atoms in total. The molecule has 0 aliphatic rings. The van der Waals surface area contributed by atoms with E-state index in [0.29, 0.717) is 18.2 Å². The monoisotopic (exact) mass is 293 g/mol. The third-order valence-corrected chi connectivity index (χ3v) is 3.49. The normalized spacial score (nSPS) is 11.4. The lowest BCUT2D eigenvalue weighted by Gasteiger charge is -2.09. The van der Waals surface area contributed by atoms with E-state index < -0.39 is 5.82 Å². The smallest absolute Gasteiger partial charge is 0.207 e. The minimum absolute atomic E-state index is 0.275. The van der Waals surface area contributed by atoms with Crippen LogP contribution in [-0.2, 0) is 6.54 Å². The van der Waals surface area contributed by atoms with Crippen LogP contribution >= 0.6 is 11.6 Å². The van der Waals surface area contributed by atoms with E-state index in [-0.39, 0.29) is 5.02 Å². The van der Waals surface area contributed by atoms with Crippen molar-refractivity contribution in [2.24, 2.45) is 0 Å². The fourth-order valence-corrected chi connectivity index (χ4v) is 2.56. The highest BCUT2D eigenvalue weighted by molar-refractivity contribution is 6.32. The molecule has 104 valence electrons. The zero-order valence-electron chi connectivity index (χ0n) is 11.1. The van der Waals surface area contributed by atoms with Gasteiger partial charge in [0.2, 0.25) is 5.95 Å². The van der Waals surface area contributed by atoms with E-state index in [0.717, 1.165) is 16.9 Å². The molecule has 0 aliphatic carbocycles. The van der Waals surface area contributed by atoms with E-state index in [1.54, 1.807) is 15.3 Å². The van der Waals surface area contributed by atoms with Crippen molar-refractivity contribution in [2.45, 2.75) is 20.4 Å². The molecule has 0 saturated heterocycles. The van der Waals surface area contributed by atoms with Crippen LogP contribution in [0.1, 0.15) is 12.6 Å². The molecule has 1 aromatic carbocycles. The Kier molecular flexibility index (Phi) is 2.90. The van der Waals surface area contributed by atoms with Crippen LogP contribution in [0.25, 0.3) is 16.9 Å². The molecule has 2 aromatic heterocycles. The molecule has 0 amide bonds. The van der Waals surface area contributed by atoms with Crippen molar-refractivity contribution < 1.29 is 4.39 Å². The second kappa shape index (κ2) is 4.49. The number of hydrogen-bond acceptors (Lipinski definition) is 3. The number of rotatable bonds is 2. The van der Waals surface area contributed by atoms with Gasteiger partial charge in [-0.1, -0.05) is 11.6 Å². The van der Waals surface area contributed by atoms with Crippen molar-refractivity contribution in [1.29, 1.82) is 0 Å². The number of nitrogens with two attached hydrogens (primary N) is 1. The van der Waals surface area contributed by atoms with Crippen molar-refractivity contribution in [3.63, 3.8) is 0 Å². The maximum absolute atomic E-state index is 13.2.